The van der Waals surface area contributed by atoms with E-state index in [0.29, 0.717) is 5.39 Å². The number of carbonyl (C=O) groups excluding carboxylic acids is 1. The van der Waals surface area contributed by atoms with Gasteiger partial charge in [-0.15, -0.1) is 0 Å². The van der Waals surface area contributed by atoms with Gasteiger partial charge in [-0.3, -0.25) is 4.98 Å². The molecule has 1 aromatic heterocycles. The first-order valence-corrected chi connectivity index (χ1v) is 3.84. The topological polar surface area (TPSA) is 53.0 Å². The summed E-state index contributed by atoms with van der Waals surface area (Å²) in [6.45, 7) is 0. The predicted octanol–water partition coefficient (Wildman–Crippen LogP) is 0.596. The number of aromatic nitrogens is 1. The van der Waals surface area contributed by atoms with Gasteiger partial charge in [0.25, 0.3) is 0 Å². The summed E-state index contributed by atoms with van der Waals surface area (Å²) in [7, 11) is 0. The summed E-state index contributed by atoms with van der Waals surface area (Å²) in [5.41, 5.74) is -0.00176. The predicted molar refractivity (Wildman–Crippen MR) is 46.1 cm³/mol. The summed E-state index contributed by atoms with van der Waals surface area (Å²) in [6, 6.07) is 8.94. The maximum absolute atomic E-state index is 10.6. The quantitative estimate of drug-likeness (QED) is 0.719. The van der Waals surface area contributed by atoms with Crippen molar-refractivity contribution in [1.82, 2.24) is 4.98 Å². The van der Waals surface area contributed by atoms with E-state index in [1.807, 2.05) is 12.1 Å². The molecule has 0 N–H and O–H groups in total. The van der Waals surface area contributed by atoms with Crippen LogP contribution in [0.1, 0.15) is 10.5 Å². The number of hydrogen-bond acceptors (Lipinski definition) is 3. The number of nitrogens with zero attached hydrogens (tertiary/aromatic N) is 1. The Hall–Kier alpha value is -1.16. The largest absolute Gasteiger partial charge is 1.00 e. The van der Waals surface area contributed by atoms with Crippen molar-refractivity contribution in [2.75, 3.05) is 0 Å². The van der Waals surface area contributed by atoms with Crippen molar-refractivity contribution >= 4 is 16.7 Å². The van der Waals surface area contributed by atoms with Gasteiger partial charge in [-0.05, 0) is 11.5 Å². The molecule has 2 aromatic rings. The van der Waals surface area contributed by atoms with E-state index in [4.69, 9.17) is 0 Å². The zero-order valence-electron chi connectivity index (χ0n) is 7.03. The van der Waals surface area contributed by atoms with Crippen LogP contribution in [-0.4, -0.2) is 11.0 Å². The van der Waals surface area contributed by atoms with Crippen molar-refractivity contribution in [3.05, 3.63) is 42.2 Å². The molecular formula is C10H6AgNO2. The second-order valence-electron chi connectivity index (χ2n) is 2.67. The first kappa shape index (κ1) is 10.9. The van der Waals surface area contributed by atoms with Gasteiger partial charge < -0.3 is 9.90 Å². The number of rotatable bonds is 1. The van der Waals surface area contributed by atoms with E-state index >= 15 is 0 Å². The van der Waals surface area contributed by atoms with Gasteiger partial charge in [0, 0.05) is 11.6 Å². The first-order chi connectivity index (χ1) is 6.29. The summed E-state index contributed by atoms with van der Waals surface area (Å²) in [5.74, 6) is -1.24. The van der Waals surface area contributed by atoms with Crippen molar-refractivity contribution < 1.29 is 32.3 Å². The van der Waals surface area contributed by atoms with Crippen LogP contribution in [0, 0.1) is 0 Å². The van der Waals surface area contributed by atoms with E-state index in [9.17, 15) is 9.90 Å². The van der Waals surface area contributed by atoms with Crippen molar-refractivity contribution in [3.63, 3.8) is 0 Å². The van der Waals surface area contributed by atoms with E-state index in [0.717, 1.165) is 5.39 Å². The number of benzene rings is 1. The van der Waals surface area contributed by atoms with Crippen LogP contribution in [0.15, 0.2) is 36.5 Å². The molecule has 74 valence electrons. The summed E-state index contributed by atoms with van der Waals surface area (Å²) >= 11 is 0. The Kier molecular flexibility index (Phi) is 3.41. The zero-order valence-corrected chi connectivity index (χ0v) is 8.51. The smallest absolute Gasteiger partial charge is 0.543 e. The molecule has 0 saturated carbocycles. The van der Waals surface area contributed by atoms with Gasteiger partial charge in [-0.25, -0.2) is 0 Å². The molecule has 0 aliphatic rings. The molecule has 14 heavy (non-hydrogen) atoms. The minimum absolute atomic E-state index is 0. The van der Waals surface area contributed by atoms with Crippen LogP contribution in [0.4, 0.5) is 0 Å². The molecular weight excluding hydrogens is 274 g/mol. The van der Waals surface area contributed by atoms with E-state index in [2.05, 4.69) is 4.98 Å². The molecule has 0 bridgehead atoms. The molecule has 1 heterocycles. The number of pyridine rings is 1. The Labute approximate surface area is 96.3 Å². The molecule has 0 radical (unpaired) electrons. The fourth-order valence-electron chi connectivity index (χ4n) is 1.28. The molecule has 0 aliphatic heterocycles. The van der Waals surface area contributed by atoms with Crippen molar-refractivity contribution in [1.29, 1.82) is 0 Å². The van der Waals surface area contributed by atoms with Crippen molar-refractivity contribution in [2.24, 2.45) is 0 Å². The molecule has 0 spiro atoms. The average Bonchev–Trinajstić information content (AvgIpc) is 2.17. The van der Waals surface area contributed by atoms with Gasteiger partial charge in [-0.2, -0.15) is 0 Å². The normalized spacial score (nSPS) is 9.43. The maximum Gasteiger partial charge on any atom is 1.00 e. The van der Waals surface area contributed by atoms with Crippen molar-refractivity contribution in [3.8, 4) is 0 Å². The number of fused-ring (bicyclic) bond motifs is 1. The number of carbonyl (C=O) groups is 1. The Morgan fingerprint density at radius 1 is 1.21 bits per heavy atom. The second-order valence-corrected chi connectivity index (χ2v) is 2.67. The van der Waals surface area contributed by atoms with E-state index in [1.54, 1.807) is 18.2 Å². The summed E-state index contributed by atoms with van der Waals surface area (Å²) in [4.78, 5) is 14.4. The Bertz CT molecular complexity index is 465. The van der Waals surface area contributed by atoms with Crippen LogP contribution in [0.25, 0.3) is 10.8 Å². The molecule has 2 rings (SSSR count). The van der Waals surface area contributed by atoms with Crippen LogP contribution in [0.2, 0.25) is 0 Å². The van der Waals surface area contributed by atoms with Gasteiger partial charge in [0.1, 0.15) is 0 Å². The molecule has 0 saturated heterocycles. The number of hydrogen-bond donors (Lipinski definition) is 0. The molecule has 0 unspecified atom stereocenters. The third-order valence-corrected chi connectivity index (χ3v) is 1.87. The number of aromatic carboxylic acids is 1. The molecule has 0 amide bonds. The van der Waals surface area contributed by atoms with E-state index in [-0.39, 0.29) is 28.1 Å². The fourth-order valence-corrected chi connectivity index (χ4v) is 1.28. The minimum Gasteiger partial charge on any atom is -0.543 e. The van der Waals surface area contributed by atoms with Crippen LogP contribution in [0.3, 0.4) is 0 Å². The Balaban J connectivity index is 0.000000980. The monoisotopic (exact) mass is 279 g/mol. The maximum atomic E-state index is 10.6. The van der Waals surface area contributed by atoms with E-state index in [1.165, 1.54) is 6.20 Å². The van der Waals surface area contributed by atoms with Gasteiger partial charge in [0.05, 0.1) is 11.7 Å². The second kappa shape index (κ2) is 4.37. The summed E-state index contributed by atoms with van der Waals surface area (Å²) in [6.07, 6.45) is 1.47. The molecule has 1 aromatic carbocycles. The van der Waals surface area contributed by atoms with Crippen LogP contribution in [0.5, 0.6) is 0 Å². The van der Waals surface area contributed by atoms with Gasteiger partial charge >= 0.3 is 22.4 Å². The molecule has 4 heteroatoms. The van der Waals surface area contributed by atoms with Crippen LogP contribution < -0.4 is 5.11 Å². The first-order valence-electron chi connectivity index (χ1n) is 3.84. The summed E-state index contributed by atoms with van der Waals surface area (Å²) in [5, 5.41) is 12.1. The molecule has 0 fully saturated rings. The third-order valence-electron chi connectivity index (χ3n) is 1.87. The third kappa shape index (κ3) is 1.85. The van der Waals surface area contributed by atoms with Crippen molar-refractivity contribution in [2.45, 2.75) is 0 Å². The molecule has 0 atom stereocenters. The van der Waals surface area contributed by atoms with E-state index < -0.39 is 5.97 Å². The van der Waals surface area contributed by atoms with Gasteiger partial charge in [0.2, 0.25) is 0 Å². The summed E-state index contributed by atoms with van der Waals surface area (Å²) < 4.78 is 0. The van der Waals surface area contributed by atoms with Gasteiger partial charge in [0.15, 0.2) is 0 Å². The minimum atomic E-state index is -1.24. The number of carboxylic acids is 1. The van der Waals surface area contributed by atoms with Crippen LogP contribution >= 0.6 is 0 Å². The molecule has 3 nitrogen and oxygen atoms in total. The zero-order chi connectivity index (χ0) is 9.26. The Morgan fingerprint density at radius 2 is 1.93 bits per heavy atom. The SMILES string of the molecule is O=C([O-])c1nccc2ccccc12.[Ag+]. The average molecular weight is 280 g/mol. The molecule has 0 aliphatic carbocycles. The van der Waals surface area contributed by atoms with Crippen LogP contribution in [-0.2, 0) is 22.4 Å². The van der Waals surface area contributed by atoms with Gasteiger partial charge in [-0.1, -0.05) is 24.3 Å². The number of carboxylic acid groups (broad SMARTS) is 1. The Morgan fingerprint density at radius 3 is 2.64 bits per heavy atom. The standard InChI is InChI=1S/C10H7NO2.Ag/c12-10(13)9-8-4-2-1-3-7(8)5-6-11-9;/h1-6H,(H,12,13);/q;+1/p-1. The fraction of sp³-hybridized carbons (Fsp3) is 0.